The second-order valence-electron chi connectivity index (χ2n) is 11.6. The molecule has 2 fully saturated rings. The molecule has 5 atom stereocenters. The zero-order chi connectivity index (χ0) is 28.6. The van der Waals surface area contributed by atoms with Gasteiger partial charge in [-0.05, 0) is 57.6 Å². The van der Waals surface area contributed by atoms with E-state index in [9.17, 15) is 19.5 Å². The molecule has 2 amide bonds. The van der Waals surface area contributed by atoms with Crippen molar-refractivity contribution in [2.75, 3.05) is 26.3 Å². The molecule has 6 rings (SSSR count). The first-order valence-electron chi connectivity index (χ1n) is 14.6. The van der Waals surface area contributed by atoms with E-state index in [1.807, 2.05) is 55.5 Å². The zero-order valence-electron chi connectivity index (χ0n) is 23.4. The number of fused-ring (bicyclic) bond motifs is 3. The molecule has 1 spiro atoms. The van der Waals surface area contributed by atoms with Crippen LogP contribution in [0.1, 0.15) is 45.4 Å². The third-order valence-electron chi connectivity index (χ3n) is 8.87. The number of benzene rings is 1. The molecule has 11 nitrogen and oxygen atoms in total. The summed E-state index contributed by atoms with van der Waals surface area (Å²) in [5.41, 5.74) is -0.921. The second-order valence-corrected chi connectivity index (χ2v) is 11.6. The lowest BCUT2D eigenvalue weighted by Crippen LogP contribution is -2.56. The van der Waals surface area contributed by atoms with E-state index in [-0.39, 0.29) is 38.2 Å². The molecular formula is C30H37N5O6. The van der Waals surface area contributed by atoms with Crippen molar-refractivity contribution in [2.45, 2.75) is 69.4 Å². The maximum Gasteiger partial charge on any atom is 0.313 e. The van der Waals surface area contributed by atoms with Crippen LogP contribution in [-0.4, -0.2) is 91.2 Å². The number of unbranched alkanes of at least 4 members (excludes halogenated alkanes) is 2. The molecule has 0 bridgehead atoms. The predicted octanol–water partition coefficient (Wildman–Crippen LogP) is 2.20. The predicted molar refractivity (Wildman–Crippen MR) is 148 cm³/mol. The molecule has 0 saturated carbocycles. The number of cyclic esters (lactones) is 1. The molecule has 2 saturated heterocycles. The summed E-state index contributed by atoms with van der Waals surface area (Å²) in [6.07, 6.45) is 12.0. The van der Waals surface area contributed by atoms with Crippen LogP contribution in [0.2, 0.25) is 0 Å². The van der Waals surface area contributed by atoms with E-state index in [4.69, 9.17) is 9.47 Å². The quantitative estimate of drug-likeness (QED) is 0.309. The van der Waals surface area contributed by atoms with Gasteiger partial charge >= 0.3 is 5.97 Å². The molecule has 1 aromatic carbocycles. The molecule has 41 heavy (non-hydrogen) atoms. The molecule has 1 unspecified atom stereocenters. The topological polar surface area (TPSA) is 127 Å². The van der Waals surface area contributed by atoms with Gasteiger partial charge in [-0.2, -0.15) is 0 Å². The van der Waals surface area contributed by atoms with Crippen LogP contribution < -0.4 is 0 Å². The lowest BCUT2D eigenvalue weighted by Gasteiger charge is -2.37. The summed E-state index contributed by atoms with van der Waals surface area (Å²) in [7, 11) is 0. The summed E-state index contributed by atoms with van der Waals surface area (Å²) < 4.78 is 14.2. The Morgan fingerprint density at radius 1 is 1.02 bits per heavy atom. The van der Waals surface area contributed by atoms with Crippen LogP contribution in [0, 0.1) is 11.8 Å². The Labute approximate surface area is 238 Å². The second kappa shape index (κ2) is 11.0. The van der Waals surface area contributed by atoms with Crippen LogP contribution in [0.4, 0.5) is 0 Å². The molecule has 4 aliphatic rings. The number of allylic oxidation sites excluding steroid dienone is 1. The van der Waals surface area contributed by atoms with Gasteiger partial charge in [0.1, 0.15) is 29.7 Å². The molecule has 1 aromatic heterocycles. The fraction of sp³-hybridized carbons (Fsp3) is 0.567. The molecule has 0 aliphatic carbocycles. The Bertz CT molecular complexity index is 1390. The summed E-state index contributed by atoms with van der Waals surface area (Å²) in [5.74, 6) is -2.80. The number of ether oxygens (including phenoxy) is 2. The molecule has 5 heterocycles. The number of aliphatic hydroxyl groups is 1. The van der Waals surface area contributed by atoms with Crippen molar-refractivity contribution < 1.29 is 29.0 Å². The van der Waals surface area contributed by atoms with Crippen molar-refractivity contribution in [3.05, 3.63) is 48.6 Å². The minimum Gasteiger partial charge on any atom is -0.465 e. The standard InChI is InChI=1S/C30H37N5O6/c1-29-14-7-2-3-10-19-40-28(39)24(29)23-26(37)34(17-8-4-9-18-36)25-27(38)33(16-11-15-30(23,25)41-29)20-35-22-13-6-5-12-21(22)31-32-35/h5-7,11-15,23-25,36H,2-4,8-10,16-20H2,1H3/b14-7-/t23-,24-,25?,29+,30-/m0/s1. The third-order valence-corrected chi connectivity index (χ3v) is 8.87. The van der Waals surface area contributed by atoms with Gasteiger partial charge in [-0.1, -0.05) is 41.7 Å². The minimum absolute atomic E-state index is 0.0625. The Kier molecular flexibility index (Phi) is 7.41. The number of para-hydroxylation sites is 1. The van der Waals surface area contributed by atoms with E-state index >= 15 is 0 Å². The van der Waals surface area contributed by atoms with E-state index in [0.717, 1.165) is 30.3 Å². The molecule has 218 valence electrons. The number of amides is 2. The molecular weight excluding hydrogens is 526 g/mol. The number of carbonyl (C=O) groups excluding carboxylic acids is 3. The van der Waals surface area contributed by atoms with Crippen LogP contribution in [0.3, 0.4) is 0 Å². The molecule has 1 N–H and O–H groups in total. The molecule has 4 aliphatic heterocycles. The molecule has 2 aromatic rings. The van der Waals surface area contributed by atoms with Crippen LogP contribution in [0.15, 0.2) is 48.6 Å². The van der Waals surface area contributed by atoms with E-state index in [2.05, 4.69) is 10.3 Å². The number of carbonyl (C=O) groups is 3. The highest BCUT2D eigenvalue weighted by Crippen LogP contribution is 2.57. The lowest BCUT2D eigenvalue weighted by molar-refractivity contribution is -0.160. The Morgan fingerprint density at radius 3 is 2.73 bits per heavy atom. The first kappa shape index (κ1) is 27.6. The highest BCUT2D eigenvalue weighted by atomic mass is 16.6. The monoisotopic (exact) mass is 563 g/mol. The van der Waals surface area contributed by atoms with Gasteiger partial charge in [0.2, 0.25) is 5.91 Å². The average molecular weight is 564 g/mol. The van der Waals surface area contributed by atoms with E-state index < -0.39 is 35.0 Å². The number of hydrogen-bond acceptors (Lipinski definition) is 8. The molecule has 0 radical (unpaired) electrons. The SMILES string of the molecule is C[C@@]12/C=C\CCCCOC(=O)[C@@H]1[C@H]1C(=O)N(CCCCCO)C3C(=O)N(Cn4nnc5ccccc54)CC=C[C@@]31O2. The number of aromatic nitrogens is 3. The van der Waals surface area contributed by atoms with Crippen molar-refractivity contribution in [1.29, 1.82) is 0 Å². The number of aliphatic hydroxyl groups excluding tert-OH is 1. The lowest BCUT2D eigenvalue weighted by atomic mass is 9.74. The van der Waals surface area contributed by atoms with E-state index in [1.165, 1.54) is 0 Å². The maximum atomic E-state index is 14.5. The maximum absolute atomic E-state index is 14.5. The van der Waals surface area contributed by atoms with Crippen LogP contribution in [-0.2, 0) is 30.5 Å². The summed E-state index contributed by atoms with van der Waals surface area (Å²) in [6.45, 7) is 2.93. The number of esters is 1. The van der Waals surface area contributed by atoms with Gasteiger partial charge in [0.15, 0.2) is 0 Å². The highest BCUT2D eigenvalue weighted by Gasteiger charge is 2.74. The van der Waals surface area contributed by atoms with Crippen LogP contribution in [0.25, 0.3) is 11.0 Å². The van der Waals surface area contributed by atoms with Gasteiger partial charge in [-0.3, -0.25) is 14.4 Å². The third kappa shape index (κ3) is 4.64. The van der Waals surface area contributed by atoms with Gasteiger partial charge in [-0.15, -0.1) is 5.10 Å². The van der Waals surface area contributed by atoms with Gasteiger partial charge in [0.25, 0.3) is 5.91 Å². The first-order chi connectivity index (χ1) is 19.9. The van der Waals surface area contributed by atoms with Crippen molar-refractivity contribution in [2.24, 2.45) is 11.8 Å². The number of nitrogens with zero attached hydrogens (tertiary/aromatic N) is 5. The van der Waals surface area contributed by atoms with Crippen LogP contribution >= 0.6 is 0 Å². The Hall–Kier alpha value is -3.57. The number of hydrogen-bond donors (Lipinski definition) is 1. The van der Waals surface area contributed by atoms with Gasteiger partial charge in [0, 0.05) is 19.7 Å². The first-order valence-corrected chi connectivity index (χ1v) is 14.6. The number of likely N-dealkylation sites (tertiary alicyclic amines) is 1. The van der Waals surface area contributed by atoms with Crippen molar-refractivity contribution in [3.8, 4) is 0 Å². The Balaban J connectivity index is 1.39. The minimum atomic E-state index is -1.33. The largest absolute Gasteiger partial charge is 0.465 e. The smallest absolute Gasteiger partial charge is 0.313 e. The van der Waals surface area contributed by atoms with Crippen molar-refractivity contribution in [1.82, 2.24) is 24.8 Å². The van der Waals surface area contributed by atoms with E-state index in [0.29, 0.717) is 25.8 Å². The molecule has 11 heteroatoms. The van der Waals surface area contributed by atoms with E-state index in [1.54, 1.807) is 14.5 Å². The summed E-state index contributed by atoms with van der Waals surface area (Å²) in [4.78, 5) is 45.6. The van der Waals surface area contributed by atoms with Gasteiger partial charge < -0.3 is 24.4 Å². The fourth-order valence-electron chi connectivity index (χ4n) is 6.97. The van der Waals surface area contributed by atoms with Crippen molar-refractivity contribution >= 4 is 28.8 Å². The summed E-state index contributed by atoms with van der Waals surface area (Å²) in [5, 5.41) is 17.8. The van der Waals surface area contributed by atoms with Gasteiger partial charge in [-0.25, -0.2) is 4.68 Å². The number of rotatable bonds is 7. The zero-order valence-corrected chi connectivity index (χ0v) is 23.4. The van der Waals surface area contributed by atoms with Gasteiger partial charge in [0.05, 0.1) is 23.6 Å². The average Bonchev–Trinajstić information content (AvgIpc) is 3.52. The van der Waals surface area contributed by atoms with Crippen LogP contribution in [0.5, 0.6) is 0 Å². The Morgan fingerprint density at radius 2 is 1.88 bits per heavy atom. The fourth-order valence-corrected chi connectivity index (χ4v) is 6.97. The summed E-state index contributed by atoms with van der Waals surface area (Å²) >= 11 is 0. The highest BCUT2D eigenvalue weighted by molar-refractivity contribution is 5.99. The normalized spacial score (nSPS) is 32.4. The van der Waals surface area contributed by atoms with Crippen molar-refractivity contribution in [3.63, 3.8) is 0 Å². The summed E-state index contributed by atoms with van der Waals surface area (Å²) in [6, 6.07) is 6.59.